The van der Waals surface area contributed by atoms with Crippen LogP contribution in [-0.2, 0) is 4.79 Å². The first-order valence-electron chi connectivity index (χ1n) is 6.25. The molecule has 3 heteroatoms. The number of hydrogen-bond donors (Lipinski definition) is 0. The highest BCUT2D eigenvalue weighted by Crippen LogP contribution is 2.26. The van der Waals surface area contributed by atoms with Crippen molar-refractivity contribution in [1.82, 2.24) is 9.80 Å². The highest BCUT2D eigenvalue weighted by atomic mass is 16.2. The zero-order valence-electron chi connectivity index (χ0n) is 9.74. The molecule has 1 aliphatic heterocycles. The van der Waals surface area contributed by atoms with Gasteiger partial charge in [-0.3, -0.25) is 4.79 Å². The number of amides is 1. The molecule has 0 bridgehead atoms. The summed E-state index contributed by atoms with van der Waals surface area (Å²) < 4.78 is 0. The fourth-order valence-electron chi connectivity index (χ4n) is 2.70. The van der Waals surface area contributed by atoms with Crippen LogP contribution in [0.5, 0.6) is 0 Å². The van der Waals surface area contributed by atoms with E-state index < -0.39 is 0 Å². The Kier molecular flexibility index (Phi) is 3.62. The van der Waals surface area contributed by atoms with Crippen molar-refractivity contribution in [2.24, 2.45) is 5.92 Å². The van der Waals surface area contributed by atoms with Gasteiger partial charge in [-0.2, -0.15) is 0 Å². The Bertz CT molecular complexity index is 224. The van der Waals surface area contributed by atoms with Gasteiger partial charge >= 0.3 is 0 Å². The molecule has 1 aliphatic carbocycles. The minimum atomic E-state index is 0.355. The van der Waals surface area contributed by atoms with Crippen LogP contribution in [-0.4, -0.2) is 48.9 Å². The molecule has 0 N–H and O–H groups in total. The van der Waals surface area contributed by atoms with Gasteiger partial charge in [-0.1, -0.05) is 12.8 Å². The second kappa shape index (κ2) is 4.97. The van der Waals surface area contributed by atoms with Crippen LogP contribution >= 0.6 is 0 Å². The molecule has 0 aromatic heterocycles. The molecule has 2 aliphatic rings. The lowest BCUT2D eigenvalue weighted by Crippen LogP contribution is -2.37. The van der Waals surface area contributed by atoms with Crippen LogP contribution in [0.2, 0.25) is 0 Å². The van der Waals surface area contributed by atoms with Gasteiger partial charge in [-0.15, -0.1) is 0 Å². The van der Waals surface area contributed by atoms with Crippen LogP contribution in [0.4, 0.5) is 0 Å². The third kappa shape index (κ3) is 2.71. The van der Waals surface area contributed by atoms with E-state index in [2.05, 4.69) is 16.8 Å². The third-order valence-corrected chi connectivity index (χ3v) is 3.74. The first-order chi connectivity index (χ1) is 7.27. The largest absolute Gasteiger partial charge is 0.341 e. The fraction of sp³-hybridized carbons (Fsp3) is 0.917. The molecule has 1 saturated heterocycles. The molecule has 2 fully saturated rings. The van der Waals surface area contributed by atoms with Crippen LogP contribution in [0, 0.1) is 5.92 Å². The lowest BCUT2D eigenvalue weighted by atomic mass is 10.1. The second-order valence-corrected chi connectivity index (χ2v) is 4.96. The Morgan fingerprint density at radius 1 is 1.00 bits per heavy atom. The van der Waals surface area contributed by atoms with Crippen molar-refractivity contribution in [1.29, 1.82) is 0 Å². The summed E-state index contributed by atoms with van der Waals surface area (Å²) in [6.45, 7) is 4.08. The highest BCUT2D eigenvalue weighted by molar-refractivity contribution is 5.79. The van der Waals surface area contributed by atoms with Gasteiger partial charge in [0, 0.05) is 25.6 Å². The summed E-state index contributed by atoms with van der Waals surface area (Å²) in [5.74, 6) is 0.788. The Morgan fingerprint density at radius 3 is 2.47 bits per heavy atom. The van der Waals surface area contributed by atoms with Crippen molar-refractivity contribution < 1.29 is 4.79 Å². The molecule has 0 aromatic rings. The lowest BCUT2D eigenvalue weighted by Gasteiger charge is -2.23. The molecule has 0 atom stereocenters. The predicted octanol–water partition coefficient (Wildman–Crippen LogP) is 1.34. The number of carbonyl (C=O) groups is 1. The van der Waals surface area contributed by atoms with Gasteiger partial charge in [0.2, 0.25) is 5.91 Å². The van der Waals surface area contributed by atoms with Crippen LogP contribution < -0.4 is 0 Å². The fourth-order valence-corrected chi connectivity index (χ4v) is 2.70. The molecule has 86 valence electrons. The van der Waals surface area contributed by atoms with Crippen molar-refractivity contribution in [3.63, 3.8) is 0 Å². The number of likely N-dealkylation sites (N-methyl/N-ethyl adjacent to an activating group) is 1. The van der Waals surface area contributed by atoms with Crippen LogP contribution in [0.25, 0.3) is 0 Å². The van der Waals surface area contributed by atoms with E-state index in [9.17, 15) is 4.79 Å². The predicted molar refractivity (Wildman–Crippen MR) is 60.7 cm³/mol. The normalized spacial score (nSPS) is 25.5. The number of nitrogens with zero attached hydrogens (tertiary/aromatic N) is 2. The van der Waals surface area contributed by atoms with E-state index in [1.165, 1.54) is 12.8 Å². The highest BCUT2D eigenvalue weighted by Gasteiger charge is 2.27. The summed E-state index contributed by atoms with van der Waals surface area (Å²) in [6, 6.07) is 0. The quantitative estimate of drug-likeness (QED) is 0.652. The van der Waals surface area contributed by atoms with Crippen molar-refractivity contribution in [2.45, 2.75) is 32.1 Å². The van der Waals surface area contributed by atoms with Gasteiger partial charge in [-0.25, -0.2) is 0 Å². The number of rotatable bonds is 1. The maximum atomic E-state index is 12.2. The summed E-state index contributed by atoms with van der Waals surface area (Å²) >= 11 is 0. The molecule has 3 nitrogen and oxygen atoms in total. The topological polar surface area (TPSA) is 23.6 Å². The van der Waals surface area contributed by atoms with Gasteiger partial charge in [0.25, 0.3) is 0 Å². The first kappa shape index (κ1) is 10.9. The second-order valence-electron chi connectivity index (χ2n) is 4.96. The standard InChI is InChI=1S/C12H22N2O/c1-13-7-4-8-14(10-9-13)12(15)11-5-2-3-6-11/h11H,2-10H2,1H3. The van der Waals surface area contributed by atoms with Crippen LogP contribution in [0.1, 0.15) is 32.1 Å². The monoisotopic (exact) mass is 210 g/mol. The maximum absolute atomic E-state index is 12.2. The average Bonchev–Trinajstić information content (AvgIpc) is 2.67. The van der Waals surface area contributed by atoms with Gasteiger partial charge in [0.1, 0.15) is 0 Å². The van der Waals surface area contributed by atoms with Crippen molar-refractivity contribution in [2.75, 3.05) is 33.2 Å². The van der Waals surface area contributed by atoms with Crippen molar-refractivity contribution in [3.8, 4) is 0 Å². The summed E-state index contributed by atoms with van der Waals surface area (Å²) in [5.41, 5.74) is 0. The molecule has 0 radical (unpaired) electrons. The third-order valence-electron chi connectivity index (χ3n) is 3.74. The van der Waals surface area contributed by atoms with Crippen LogP contribution in [0.15, 0.2) is 0 Å². The minimum absolute atomic E-state index is 0.355. The molecule has 1 saturated carbocycles. The average molecular weight is 210 g/mol. The Hall–Kier alpha value is -0.570. The summed E-state index contributed by atoms with van der Waals surface area (Å²) in [5, 5.41) is 0. The molecule has 0 spiro atoms. The first-order valence-corrected chi connectivity index (χ1v) is 6.25. The van der Waals surface area contributed by atoms with Gasteiger partial charge in [0.15, 0.2) is 0 Å². The Morgan fingerprint density at radius 2 is 1.73 bits per heavy atom. The molecule has 0 unspecified atom stereocenters. The van der Waals surface area contributed by atoms with Gasteiger partial charge in [0.05, 0.1) is 0 Å². The van der Waals surface area contributed by atoms with E-state index in [0.29, 0.717) is 11.8 Å². The van der Waals surface area contributed by atoms with E-state index in [-0.39, 0.29) is 0 Å². The van der Waals surface area contributed by atoms with Crippen molar-refractivity contribution in [3.05, 3.63) is 0 Å². The van der Waals surface area contributed by atoms with Gasteiger partial charge < -0.3 is 9.80 Å². The summed E-state index contributed by atoms with van der Waals surface area (Å²) in [7, 11) is 2.14. The molecule has 1 heterocycles. The maximum Gasteiger partial charge on any atom is 0.225 e. The van der Waals surface area contributed by atoms with E-state index in [4.69, 9.17) is 0 Å². The van der Waals surface area contributed by atoms with E-state index >= 15 is 0 Å². The van der Waals surface area contributed by atoms with Crippen molar-refractivity contribution >= 4 is 5.91 Å². The Labute approximate surface area is 92.4 Å². The summed E-state index contributed by atoms with van der Waals surface area (Å²) in [6.07, 6.45) is 5.90. The minimum Gasteiger partial charge on any atom is -0.341 e. The molecule has 1 amide bonds. The van der Waals surface area contributed by atoms with Gasteiger partial charge in [-0.05, 0) is 32.9 Å². The molecule has 2 rings (SSSR count). The molecule has 0 aromatic carbocycles. The summed E-state index contributed by atoms with van der Waals surface area (Å²) in [4.78, 5) is 16.6. The Balaban J connectivity index is 1.88. The molecular formula is C12H22N2O. The zero-order valence-corrected chi connectivity index (χ0v) is 9.74. The smallest absolute Gasteiger partial charge is 0.225 e. The lowest BCUT2D eigenvalue weighted by molar-refractivity contribution is -0.135. The SMILES string of the molecule is CN1CCCN(C(=O)C2CCCC2)CC1. The van der Waals surface area contributed by atoms with E-state index in [0.717, 1.165) is 45.4 Å². The zero-order chi connectivity index (χ0) is 10.7. The molecular weight excluding hydrogens is 188 g/mol. The van der Waals surface area contributed by atoms with Crippen LogP contribution in [0.3, 0.4) is 0 Å². The molecule has 15 heavy (non-hydrogen) atoms. The number of carbonyl (C=O) groups excluding carboxylic acids is 1. The van der Waals surface area contributed by atoms with E-state index in [1.54, 1.807) is 0 Å². The number of hydrogen-bond acceptors (Lipinski definition) is 2. The van der Waals surface area contributed by atoms with E-state index in [1.807, 2.05) is 0 Å².